The van der Waals surface area contributed by atoms with Gasteiger partial charge >= 0.3 is 0 Å². The van der Waals surface area contributed by atoms with E-state index < -0.39 is 0 Å². The quantitative estimate of drug-likeness (QED) is 0.298. The molecule has 0 bridgehead atoms. The maximum Gasteiger partial charge on any atom is 0.140 e. The van der Waals surface area contributed by atoms with E-state index in [1.54, 1.807) is 0 Å². The van der Waals surface area contributed by atoms with Crippen molar-refractivity contribution in [1.82, 2.24) is 15.1 Å². The second kappa shape index (κ2) is 14.4. The molecule has 198 valence electrons. The van der Waals surface area contributed by atoms with Crippen LogP contribution in [0.3, 0.4) is 0 Å². The third-order valence-electron chi connectivity index (χ3n) is 6.65. The van der Waals surface area contributed by atoms with Crippen molar-refractivity contribution >= 4 is 28.8 Å². The number of benzene rings is 3. The number of nitrogens with one attached hydrogen (secondary N) is 1. The van der Waals surface area contributed by atoms with Crippen molar-refractivity contribution in [1.29, 1.82) is 0 Å². The smallest absolute Gasteiger partial charge is 0.140 e. The molecule has 1 aromatic heterocycles. The largest absolute Gasteiger partial charge is 0.379 e. The van der Waals surface area contributed by atoms with Crippen LogP contribution >= 0.6 is 0 Å². The number of morpholine rings is 1. The van der Waals surface area contributed by atoms with Crippen LogP contribution in [0.1, 0.15) is 49.1 Å². The van der Waals surface area contributed by atoms with E-state index >= 15 is 0 Å². The van der Waals surface area contributed by atoms with Crippen LogP contribution in [0.15, 0.2) is 78.9 Å². The van der Waals surface area contributed by atoms with Gasteiger partial charge in [-0.1, -0.05) is 92.7 Å². The Balaban J connectivity index is 0.000000201. The highest BCUT2D eigenvalue weighted by Crippen LogP contribution is 2.30. The molecule has 5 nitrogen and oxygen atoms in total. The number of rotatable bonds is 7. The average molecular weight is 510 g/mol. The van der Waals surface area contributed by atoms with Crippen molar-refractivity contribution in [3.63, 3.8) is 0 Å². The van der Waals surface area contributed by atoms with E-state index in [0.717, 1.165) is 67.8 Å². The van der Waals surface area contributed by atoms with Gasteiger partial charge in [0.2, 0.25) is 0 Å². The number of para-hydroxylation sites is 1. The topological polar surface area (TPSA) is 58.2 Å². The number of ketones is 1. The highest BCUT2D eigenvalue weighted by Gasteiger charge is 2.28. The molecule has 0 amide bonds. The fourth-order valence-corrected chi connectivity index (χ4v) is 4.45. The first-order chi connectivity index (χ1) is 18.7. The zero-order valence-corrected chi connectivity index (χ0v) is 22.6. The Morgan fingerprint density at radius 2 is 1.63 bits per heavy atom. The van der Waals surface area contributed by atoms with Crippen molar-refractivity contribution in [3.8, 4) is 0 Å². The number of aromatic amines is 1. The molecule has 1 saturated heterocycles. The van der Waals surface area contributed by atoms with Gasteiger partial charge in [-0.05, 0) is 41.7 Å². The van der Waals surface area contributed by atoms with Gasteiger partial charge < -0.3 is 4.74 Å². The fourth-order valence-electron chi connectivity index (χ4n) is 4.45. The van der Waals surface area contributed by atoms with Crippen molar-refractivity contribution in [3.05, 3.63) is 101 Å². The maximum atomic E-state index is 11.4. The lowest BCUT2D eigenvalue weighted by Gasteiger charge is -2.26. The number of carbonyl (C=O) groups excluding carboxylic acids is 1. The summed E-state index contributed by atoms with van der Waals surface area (Å²) in [5.74, 6) is 0.811. The highest BCUT2D eigenvalue weighted by molar-refractivity contribution is 5.89. The van der Waals surface area contributed by atoms with Gasteiger partial charge in [0.15, 0.2) is 0 Å². The first-order valence-corrected chi connectivity index (χ1v) is 13.8. The molecule has 3 aromatic carbocycles. The summed E-state index contributed by atoms with van der Waals surface area (Å²) in [5.41, 5.74) is 5.73. The third-order valence-corrected chi connectivity index (χ3v) is 6.65. The van der Waals surface area contributed by atoms with Gasteiger partial charge in [0, 0.05) is 37.4 Å². The molecule has 38 heavy (non-hydrogen) atoms. The van der Waals surface area contributed by atoms with E-state index in [-0.39, 0.29) is 0 Å². The summed E-state index contributed by atoms with van der Waals surface area (Å²) in [5, 5.41) is 8.61. The van der Waals surface area contributed by atoms with Crippen LogP contribution in [0.2, 0.25) is 0 Å². The van der Waals surface area contributed by atoms with Crippen molar-refractivity contribution in [2.75, 3.05) is 26.3 Å². The average Bonchev–Trinajstić information content (AvgIpc) is 3.75. The van der Waals surface area contributed by atoms with E-state index in [9.17, 15) is 4.79 Å². The van der Waals surface area contributed by atoms with Crippen LogP contribution in [-0.4, -0.2) is 47.2 Å². The monoisotopic (exact) mass is 509 g/mol. The van der Waals surface area contributed by atoms with Crippen molar-refractivity contribution in [2.24, 2.45) is 5.92 Å². The number of Topliss-reactive ketones (excluding diaryl/α,β-unsaturated/α-hetero) is 1. The Bertz CT molecular complexity index is 1300. The molecule has 0 atom stereocenters. The highest BCUT2D eigenvalue weighted by atomic mass is 16.5. The molecule has 1 saturated carbocycles. The molecule has 1 aliphatic carbocycles. The van der Waals surface area contributed by atoms with Gasteiger partial charge in [-0.25, -0.2) is 0 Å². The predicted octanol–water partition coefficient (Wildman–Crippen LogP) is 6.80. The molecule has 5 heteroatoms. The normalized spacial score (nSPS) is 15.4. The lowest BCUT2D eigenvalue weighted by atomic mass is 10.1. The van der Waals surface area contributed by atoms with Crippen molar-refractivity contribution in [2.45, 2.75) is 39.7 Å². The summed E-state index contributed by atoms with van der Waals surface area (Å²) in [6.07, 6.45) is 7.07. The Kier molecular flexibility index (Phi) is 10.4. The minimum absolute atomic E-state index is 0.394. The van der Waals surface area contributed by atoms with E-state index in [1.807, 2.05) is 62.4 Å². The Morgan fingerprint density at radius 1 is 0.921 bits per heavy atom. The number of aromatic nitrogens is 2. The molecule has 0 spiro atoms. The Labute approximate surface area is 226 Å². The first kappa shape index (κ1) is 27.5. The number of ether oxygens (including phenoxy) is 1. The van der Waals surface area contributed by atoms with E-state index in [1.165, 1.54) is 11.1 Å². The molecule has 6 rings (SSSR count). The second-order valence-corrected chi connectivity index (χ2v) is 9.52. The second-order valence-electron chi connectivity index (χ2n) is 9.52. The first-order valence-electron chi connectivity index (χ1n) is 13.8. The Hall–Kier alpha value is -3.54. The number of fused-ring (bicyclic) bond motifs is 1. The zero-order chi connectivity index (χ0) is 26.6. The standard InChI is InChI=1S/C20H21N3O.C11H12O.C2H6/c1-2-7-19-18(6-1)20(22-21-19)9-8-16-4-3-5-17(14-16)15-23-10-12-24-13-11-23;12-11(10-6-7-10)8-9-4-2-1-3-5-9;1-2/h1-9,14H,10-13,15H2,(H,21,22);1-5,10H,6-8H2;1-2H3/b9-8+;;. The minimum Gasteiger partial charge on any atom is -0.379 e. The molecule has 1 aliphatic heterocycles. The molecular weight excluding hydrogens is 470 g/mol. The lowest BCUT2D eigenvalue weighted by Crippen LogP contribution is -2.35. The molecule has 2 heterocycles. The third kappa shape index (κ3) is 8.23. The number of carbonyl (C=O) groups is 1. The van der Waals surface area contributed by atoms with Gasteiger partial charge in [-0.15, -0.1) is 0 Å². The van der Waals surface area contributed by atoms with Crippen LogP contribution in [0, 0.1) is 5.92 Å². The summed E-state index contributed by atoms with van der Waals surface area (Å²) in [4.78, 5) is 13.8. The number of hydrogen-bond acceptors (Lipinski definition) is 4. The van der Waals surface area contributed by atoms with Crippen LogP contribution in [-0.2, 0) is 22.5 Å². The summed E-state index contributed by atoms with van der Waals surface area (Å²) < 4.78 is 5.41. The molecule has 2 fully saturated rings. The molecule has 0 unspecified atom stereocenters. The number of H-pyrrole nitrogens is 1. The van der Waals surface area contributed by atoms with Crippen molar-refractivity contribution < 1.29 is 9.53 Å². The summed E-state index contributed by atoms with van der Waals surface area (Å²) in [7, 11) is 0. The minimum atomic E-state index is 0.394. The van der Waals surface area contributed by atoms with Crippen LogP contribution in [0.5, 0.6) is 0 Å². The van der Waals surface area contributed by atoms with Gasteiger partial charge in [0.1, 0.15) is 5.78 Å². The summed E-state index contributed by atoms with van der Waals surface area (Å²) in [6, 6.07) is 26.9. The summed E-state index contributed by atoms with van der Waals surface area (Å²) in [6.45, 7) is 8.69. The van der Waals surface area contributed by atoms with Gasteiger partial charge in [0.25, 0.3) is 0 Å². The molecule has 2 aliphatic rings. The number of hydrogen-bond donors (Lipinski definition) is 1. The SMILES string of the molecule is C(=C\c1n[nH]c2ccccc12)/c1cccc(CN2CCOCC2)c1.CC.O=C(Cc1ccccc1)C1CC1. The summed E-state index contributed by atoms with van der Waals surface area (Å²) >= 11 is 0. The molecular formula is C33H39N3O2. The van der Waals surface area contributed by atoms with Crippen LogP contribution in [0.4, 0.5) is 0 Å². The molecule has 1 N–H and O–H groups in total. The zero-order valence-electron chi connectivity index (χ0n) is 22.6. The molecule has 0 radical (unpaired) electrons. The van der Waals surface area contributed by atoms with Gasteiger partial charge in [-0.2, -0.15) is 5.10 Å². The van der Waals surface area contributed by atoms with E-state index in [0.29, 0.717) is 18.1 Å². The van der Waals surface area contributed by atoms with Gasteiger partial charge in [-0.3, -0.25) is 14.8 Å². The van der Waals surface area contributed by atoms with Crippen LogP contribution < -0.4 is 0 Å². The maximum absolute atomic E-state index is 11.4. The fraction of sp³-hybridized carbons (Fsp3) is 0.333. The lowest BCUT2D eigenvalue weighted by molar-refractivity contribution is -0.119. The van der Waals surface area contributed by atoms with E-state index in [4.69, 9.17) is 4.74 Å². The Morgan fingerprint density at radius 3 is 2.39 bits per heavy atom. The molecule has 4 aromatic rings. The predicted molar refractivity (Wildman–Crippen MR) is 157 cm³/mol. The van der Waals surface area contributed by atoms with E-state index in [2.05, 4.69) is 57.6 Å². The number of nitrogens with zero attached hydrogens (tertiary/aromatic N) is 2. The van der Waals surface area contributed by atoms with Crippen LogP contribution in [0.25, 0.3) is 23.1 Å². The van der Waals surface area contributed by atoms with Gasteiger partial charge in [0.05, 0.1) is 24.4 Å².